The molecule has 4 rings (SSSR count). The van der Waals surface area contributed by atoms with Gasteiger partial charge < -0.3 is 14.0 Å². The second-order valence-electron chi connectivity index (χ2n) is 5.84. The third kappa shape index (κ3) is 3.23. The van der Waals surface area contributed by atoms with Crippen molar-refractivity contribution in [1.29, 1.82) is 0 Å². The minimum absolute atomic E-state index is 0.118. The first kappa shape index (κ1) is 18.1. The minimum atomic E-state index is -4.54. The molecule has 1 aliphatic heterocycles. The maximum absolute atomic E-state index is 12.9. The number of benzene rings is 2. The number of carbonyl (C=O) groups excluding carboxylic acids is 1. The number of fused-ring (bicyclic) bond motifs is 2. The van der Waals surface area contributed by atoms with Crippen molar-refractivity contribution in [3.05, 3.63) is 52.3 Å². The molecule has 0 unspecified atom stereocenters. The molecule has 2 aromatic carbocycles. The Labute approximate surface area is 160 Å². The first-order valence-corrected chi connectivity index (χ1v) is 8.81. The molecule has 0 N–H and O–H groups in total. The van der Waals surface area contributed by atoms with Crippen LogP contribution < -0.4 is 14.3 Å². The summed E-state index contributed by atoms with van der Waals surface area (Å²) in [5.74, 6) is 2.82. The Morgan fingerprint density at radius 2 is 2.00 bits per heavy atom. The fraction of sp³-hybridized carbons (Fsp3) is 0.158. The molecule has 0 aliphatic carbocycles. The summed E-state index contributed by atoms with van der Waals surface area (Å²) in [6.07, 6.45) is 0.885. The zero-order chi connectivity index (χ0) is 19.9. The number of hydrogen-bond acceptors (Lipinski definition) is 4. The molecular formula is C19H11F3N2O3S. The Hall–Kier alpha value is -3.25. The fourth-order valence-corrected chi connectivity index (χ4v) is 3.81. The van der Waals surface area contributed by atoms with Gasteiger partial charge in [-0.15, -0.1) is 6.42 Å². The third-order valence-electron chi connectivity index (χ3n) is 4.06. The molecule has 0 spiro atoms. The SMILES string of the molecule is C#CCn1c(=NC(=O)c2cccc(C(F)(F)F)c2)sc2cc3c(cc21)OCO3. The first-order chi connectivity index (χ1) is 13.4. The largest absolute Gasteiger partial charge is 0.454 e. The van der Waals surface area contributed by atoms with Crippen molar-refractivity contribution in [3.8, 4) is 23.8 Å². The zero-order valence-electron chi connectivity index (χ0n) is 14.1. The molecule has 0 saturated heterocycles. The number of carbonyl (C=O) groups is 1. The highest BCUT2D eigenvalue weighted by molar-refractivity contribution is 7.16. The number of rotatable bonds is 2. The fourth-order valence-electron chi connectivity index (χ4n) is 2.77. The quantitative estimate of drug-likeness (QED) is 0.610. The van der Waals surface area contributed by atoms with Crippen molar-refractivity contribution >= 4 is 27.5 Å². The van der Waals surface area contributed by atoms with E-state index in [4.69, 9.17) is 15.9 Å². The number of alkyl halides is 3. The van der Waals surface area contributed by atoms with Gasteiger partial charge in [-0.3, -0.25) is 4.79 Å². The summed E-state index contributed by atoms with van der Waals surface area (Å²) >= 11 is 1.18. The highest BCUT2D eigenvalue weighted by Gasteiger charge is 2.30. The summed E-state index contributed by atoms with van der Waals surface area (Å²) in [5.41, 5.74) is -0.372. The molecule has 3 aromatic rings. The van der Waals surface area contributed by atoms with Crippen LogP contribution in [0.15, 0.2) is 41.4 Å². The van der Waals surface area contributed by atoms with Gasteiger partial charge in [0.1, 0.15) is 0 Å². The Bertz CT molecular complexity index is 1200. The van der Waals surface area contributed by atoms with Crippen LogP contribution in [0.3, 0.4) is 0 Å². The van der Waals surface area contributed by atoms with Gasteiger partial charge >= 0.3 is 6.18 Å². The van der Waals surface area contributed by atoms with E-state index in [0.717, 1.165) is 16.8 Å². The second-order valence-corrected chi connectivity index (χ2v) is 6.85. The van der Waals surface area contributed by atoms with Crippen LogP contribution in [0.1, 0.15) is 15.9 Å². The van der Waals surface area contributed by atoms with E-state index in [0.29, 0.717) is 17.0 Å². The number of ether oxygens (including phenoxy) is 2. The van der Waals surface area contributed by atoms with E-state index in [2.05, 4.69) is 10.9 Å². The highest BCUT2D eigenvalue weighted by Crippen LogP contribution is 2.37. The van der Waals surface area contributed by atoms with E-state index in [1.165, 1.54) is 23.5 Å². The lowest BCUT2D eigenvalue weighted by atomic mass is 10.1. The second kappa shape index (κ2) is 6.73. The summed E-state index contributed by atoms with van der Waals surface area (Å²) < 4.78 is 51.8. The van der Waals surface area contributed by atoms with Gasteiger partial charge in [-0.1, -0.05) is 23.3 Å². The van der Waals surface area contributed by atoms with E-state index in [9.17, 15) is 18.0 Å². The van der Waals surface area contributed by atoms with Gasteiger partial charge in [0.2, 0.25) is 6.79 Å². The van der Waals surface area contributed by atoms with E-state index in [-0.39, 0.29) is 23.7 Å². The Kier molecular flexibility index (Phi) is 4.35. The van der Waals surface area contributed by atoms with E-state index < -0.39 is 17.6 Å². The van der Waals surface area contributed by atoms with Crippen LogP contribution in [0.4, 0.5) is 13.2 Å². The Morgan fingerprint density at radius 3 is 2.71 bits per heavy atom. The van der Waals surface area contributed by atoms with Crippen molar-refractivity contribution in [2.24, 2.45) is 4.99 Å². The molecule has 1 aromatic heterocycles. The summed E-state index contributed by atoms with van der Waals surface area (Å²) in [4.78, 5) is 16.8. The monoisotopic (exact) mass is 404 g/mol. The molecule has 0 radical (unpaired) electrons. The lowest BCUT2D eigenvalue weighted by Gasteiger charge is -2.06. The third-order valence-corrected chi connectivity index (χ3v) is 5.10. The molecular weight excluding hydrogens is 393 g/mol. The van der Waals surface area contributed by atoms with Gasteiger partial charge in [0.05, 0.1) is 22.3 Å². The van der Waals surface area contributed by atoms with Crippen LogP contribution in [-0.2, 0) is 12.7 Å². The number of nitrogens with zero attached hydrogens (tertiary/aromatic N) is 2. The van der Waals surface area contributed by atoms with E-state index in [1.807, 2.05) is 0 Å². The van der Waals surface area contributed by atoms with Crippen molar-refractivity contribution in [3.63, 3.8) is 0 Å². The molecule has 9 heteroatoms. The van der Waals surface area contributed by atoms with Crippen LogP contribution in [0.5, 0.6) is 11.5 Å². The van der Waals surface area contributed by atoms with Crippen molar-refractivity contribution < 1.29 is 27.4 Å². The average Bonchev–Trinajstić information content (AvgIpc) is 3.24. The van der Waals surface area contributed by atoms with E-state index >= 15 is 0 Å². The number of amides is 1. The molecule has 1 aliphatic rings. The zero-order valence-corrected chi connectivity index (χ0v) is 14.9. The van der Waals surface area contributed by atoms with Crippen LogP contribution in [-0.4, -0.2) is 17.3 Å². The predicted octanol–water partition coefficient (Wildman–Crippen LogP) is 3.82. The number of hydrogen-bond donors (Lipinski definition) is 0. The molecule has 0 fully saturated rings. The molecule has 5 nitrogen and oxygen atoms in total. The maximum Gasteiger partial charge on any atom is 0.416 e. The normalized spacial score (nSPS) is 13.7. The Balaban J connectivity index is 1.82. The predicted molar refractivity (Wildman–Crippen MR) is 96.1 cm³/mol. The van der Waals surface area contributed by atoms with Crippen LogP contribution in [0, 0.1) is 12.3 Å². The molecule has 142 valence electrons. The van der Waals surface area contributed by atoms with Crippen molar-refractivity contribution in [2.45, 2.75) is 12.7 Å². The van der Waals surface area contributed by atoms with Crippen LogP contribution in [0.2, 0.25) is 0 Å². The molecule has 0 atom stereocenters. The Morgan fingerprint density at radius 1 is 1.25 bits per heavy atom. The number of terminal acetylenes is 1. The van der Waals surface area contributed by atoms with Gasteiger partial charge in [-0.25, -0.2) is 0 Å². The first-order valence-electron chi connectivity index (χ1n) is 7.99. The maximum atomic E-state index is 12.9. The molecule has 0 bridgehead atoms. The standard InChI is InChI=1S/C19H11F3N2O3S/c1-2-6-24-13-8-14-15(27-10-26-14)9-16(13)28-18(24)23-17(25)11-4-3-5-12(7-11)19(20,21)22/h1,3-5,7-9H,6,10H2. The molecule has 28 heavy (non-hydrogen) atoms. The lowest BCUT2D eigenvalue weighted by Crippen LogP contribution is -2.16. The topological polar surface area (TPSA) is 52.8 Å². The number of thiazole rings is 1. The molecule has 2 heterocycles. The highest BCUT2D eigenvalue weighted by atomic mass is 32.1. The smallest absolute Gasteiger partial charge is 0.416 e. The van der Waals surface area contributed by atoms with Crippen LogP contribution in [0.25, 0.3) is 10.2 Å². The number of aromatic nitrogens is 1. The van der Waals surface area contributed by atoms with Crippen molar-refractivity contribution in [2.75, 3.05) is 6.79 Å². The summed E-state index contributed by atoms with van der Waals surface area (Å²) in [6, 6.07) is 7.63. The summed E-state index contributed by atoms with van der Waals surface area (Å²) in [5, 5.41) is 0. The molecule has 1 amide bonds. The van der Waals surface area contributed by atoms with Crippen LogP contribution >= 0.6 is 11.3 Å². The van der Waals surface area contributed by atoms with Crippen molar-refractivity contribution in [1.82, 2.24) is 4.57 Å². The minimum Gasteiger partial charge on any atom is -0.454 e. The number of halogens is 3. The lowest BCUT2D eigenvalue weighted by molar-refractivity contribution is -0.137. The van der Waals surface area contributed by atoms with Gasteiger partial charge in [0.15, 0.2) is 16.3 Å². The van der Waals surface area contributed by atoms with Gasteiger partial charge in [-0.2, -0.15) is 18.2 Å². The summed E-state index contributed by atoms with van der Waals surface area (Å²) in [7, 11) is 0. The van der Waals surface area contributed by atoms with Gasteiger partial charge in [-0.05, 0) is 18.2 Å². The van der Waals surface area contributed by atoms with Gasteiger partial charge in [0, 0.05) is 17.7 Å². The van der Waals surface area contributed by atoms with Gasteiger partial charge in [0.25, 0.3) is 5.91 Å². The van der Waals surface area contributed by atoms with E-state index in [1.54, 1.807) is 16.7 Å². The average molecular weight is 404 g/mol. The summed E-state index contributed by atoms with van der Waals surface area (Å²) in [6.45, 7) is 0.251. The molecule has 0 saturated carbocycles.